The highest BCUT2D eigenvalue weighted by molar-refractivity contribution is 5.97. The van der Waals surface area contributed by atoms with Gasteiger partial charge in [0.05, 0.1) is 30.4 Å². The van der Waals surface area contributed by atoms with Gasteiger partial charge in [0.25, 0.3) is 11.6 Å². The van der Waals surface area contributed by atoms with Gasteiger partial charge in [0.2, 0.25) is 12.7 Å². The summed E-state index contributed by atoms with van der Waals surface area (Å²) in [5.74, 6) is -3.06. The fourth-order valence-electron chi connectivity index (χ4n) is 3.56. The minimum Gasteiger partial charge on any atom is -0.484 e. The van der Waals surface area contributed by atoms with E-state index in [1.807, 2.05) is 0 Å². The molecular weight excluding hydrogens is 532 g/mol. The van der Waals surface area contributed by atoms with Crippen molar-refractivity contribution in [3.63, 3.8) is 0 Å². The van der Waals surface area contributed by atoms with Gasteiger partial charge in [0, 0.05) is 12.1 Å². The lowest BCUT2D eigenvalue weighted by Crippen LogP contribution is -2.57. The van der Waals surface area contributed by atoms with E-state index in [1.54, 1.807) is 18.2 Å². The third-order valence-corrected chi connectivity index (χ3v) is 5.86. The van der Waals surface area contributed by atoms with Gasteiger partial charge < -0.3 is 29.5 Å². The van der Waals surface area contributed by atoms with Gasteiger partial charge in [0.15, 0.2) is 18.1 Å². The Bertz CT molecular complexity index is 1250. The van der Waals surface area contributed by atoms with Crippen LogP contribution in [0.1, 0.15) is 18.9 Å². The summed E-state index contributed by atoms with van der Waals surface area (Å²) in [5.41, 5.74) is 8.92. The number of nitro groups is 1. The number of carbonyl (C=O) groups excluding carboxylic acids is 4. The number of ether oxygens (including phenoxy) is 4. The second-order valence-electron chi connectivity index (χ2n) is 8.60. The van der Waals surface area contributed by atoms with Crippen LogP contribution in [0.5, 0.6) is 17.2 Å². The minimum absolute atomic E-state index is 0.0497. The van der Waals surface area contributed by atoms with Crippen LogP contribution >= 0.6 is 0 Å². The molecule has 0 bridgehead atoms. The number of non-ortho nitro benzene ring substituents is 1. The van der Waals surface area contributed by atoms with Crippen molar-refractivity contribution < 1.29 is 47.9 Å². The molecule has 2 amide bonds. The van der Waals surface area contributed by atoms with Gasteiger partial charge in [-0.15, -0.1) is 5.48 Å². The Hall–Kier alpha value is -4.76. The first-order valence-electron chi connectivity index (χ1n) is 12.0. The van der Waals surface area contributed by atoms with Crippen molar-refractivity contribution in [2.45, 2.75) is 31.8 Å². The first-order chi connectivity index (χ1) is 19.1. The number of rotatable bonds is 13. The smallest absolute Gasteiger partial charge is 0.325 e. The average molecular weight is 561 g/mol. The standard InChI is InChI=1S/C25H28N4O11/c1-14(24(32)27-20(30)12-37-17-7-5-16(6-8-17)29(34)35)23(22(26)25(33)36-2)28-40-21(31)10-4-15-3-9-18-19(11-15)39-13-38-18/h3,5-9,11,14,22-23,28H,4,10,12-13,26H2,1-2H3,(H,27,30,32)/t14?,22-,23?/m0/s1. The van der Waals surface area contributed by atoms with Crippen LogP contribution in [0.4, 0.5) is 5.69 Å². The maximum atomic E-state index is 12.7. The number of nitrogens with two attached hydrogens (primary N) is 1. The molecule has 0 aliphatic carbocycles. The largest absolute Gasteiger partial charge is 0.484 e. The first kappa shape index (κ1) is 29.8. The number of hydrogen-bond donors (Lipinski definition) is 3. The molecule has 2 unspecified atom stereocenters. The number of hydrogen-bond acceptors (Lipinski definition) is 13. The van der Waals surface area contributed by atoms with Crippen LogP contribution in [0.2, 0.25) is 0 Å². The van der Waals surface area contributed by atoms with Crippen molar-refractivity contribution >= 4 is 29.4 Å². The van der Waals surface area contributed by atoms with E-state index in [9.17, 15) is 29.3 Å². The molecule has 1 aliphatic heterocycles. The maximum absolute atomic E-state index is 12.7. The zero-order chi connectivity index (χ0) is 29.2. The predicted octanol–water partition coefficient (Wildman–Crippen LogP) is 0.531. The van der Waals surface area contributed by atoms with E-state index in [1.165, 1.54) is 31.2 Å². The highest BCUT2D eigenvalue weighted by Crippen LogP contribution is 2.32. The van der Waals surface area contributed by atoms with Crippen LogP contribution in [0.25, 0.3) is 0 Å². The number of hydroxylamine groups is 1. The zero-order valence-electron chi connectivity index (χ0n) is 21.6. The van der Waals surface area contributed by atoms with Crippen LogP contribution in [0, 0.1) is 16.0 Å². The number of fused-ring (bicyclic) bond motifs is 1. The van der Waals surface area contributed by atoms with Crippen molar-refractivity contribution in [1.29, 1.82) is 0 Å². The molecule has 214 valence electrons. The summed E-state index contributed by atoms with van der Waals surface area (Å²) in [7, 11) is 1.10. The Morgan fingerprint density at radius 3 is 2.48 bits per heavy atom. The highest BCUT2D eigenvalue weighted by Gasteiger charge is 2.36. The van der Waals surface area contributed by atoms with Gasteiger partial charge in [0.1, 0.15) is 11.8 Å². The zero-order valence-corrected chi connectivity index (χ0v) is 21.6. The van der Waals surface area contributed by atoms with E-state index in [0.717, 1.165) is 12.7 Å². The number of amides is 2. The van der Waals surface area contributed by atoms with Crippen molar-refractivity contribution in [2.24, 2.45) is 11.7 Å². The molecule has 0 fully saturated rings. The third kappa shape index (κ3) is 8.12. The predicted molar refractivity (Wildman–Crippen MR) is 135 cm³/mol. The molecule has 1 aliphatic rings. The topological polar surface area (TPSA) is 208 Å². The average Bonchev–Trinajstić information content (AvgIpc) is 3.42. The molecule has 2 aromatic carbocycles. The van der Waals surface area contributed by atoms with Crippen molar-refractivity contribution in [3.8, 4) is 17.2 Å². The Kier molecular flexibility index (Phi) is 10.3. The normalized spacial score (nSPS) is 13.9. The van der Waals surface area contributed by atoms with Crippen LogP contribution < -0.4 is 30.7 Å². The van der Waals surface area contributed by atoms with Crippen LogP contribution in [0.15, 0.2) is 42.5 Å². The van der Waals surface area contributed by atoms with E-state index < -0.39 is 53.3 Å². The molecule has 3 atom stereocenters. The summed E-state index contributed by atoms with van der Waals surface area (Å²) in [6, 6.07) is 7.54. The molecule has 0 saturated heterocycles. The van der Waals surface area contributed by atoms with Gasteiger partial charge in [-0.3, -0.25) is 34.6 Å². The number of carbonyl (C=O) groups is 4. The molecular formula is C25H28N4O11. The summed E-state index contributed by atoms with van der Waals surface area (Å²) in [6.07, 6.45) is 0.260. The lowest BCUT2D eigenvalue weighted by atomic mass is 9.95. The van der Waals surface area contributed by atoms with E-state index in [4.69, 9.17) is 24.8 Å². The first-order valence-corrected chi connectivity index (χ1v) is 12.0. The summed E-state index contributed by atoms with van der Waals surface area (Å²) in [5, 5.41) is 12.8. The van der Waals surface area contributed by atoms with E-state index in [0.29, 0.717) is 17.9 Å². The number of aryl methyl sites for hydroxylation is 1. The fraction of sp³-hybridized carbons (Fsp3) is 0.360. The molecule has 0 radical (unpaired) electrons. The van der Waals surface area contributed by atoms with Gasteiger partial charge in [-0.2, -0.15) is 0 Å². The highest BCUT2D eigenvalue weighted by atomic mass is 16.7. The molecule has 3 rings (SSSR count). The van der Waals surface area contributed by atoms with Crippen molar-refractivity contribution in [3.05, 3.63) is 58.1 Å². The Morgan fingerprint density at radius 2 is 1.80 bits per heavy atom. The van der Waals surface area contributed by atoms with Gasteiger partial charge in [-0.1, -0.05) is 13.0 Å². The Balaban J connectivity index is 1.52. The Labute approximate surface area is 227 Å². The van der Waals surface area contributed by atoms with E-state index in [2.05, 4.69) is 15.5 Å². The monoisotopic (exact) mass is 560 g/mol. The van der Waals surface area contributed by atoms with Crippen LogP contribution in [-0.4, -0.2) is 61.3 Å². The lowest BCUT2D eigenvalue weighted by molar-refractivity contribution is -0.384. The van der Waals surface area contributed by atoms with Crippen molar-refractivity contribution in [1.82, 2.24) is 10.8 Å². The lowest BCUT2D eigenvalue weighted by Gasteiger charge is -2.27. The number of nitro benzene ring substituents is 1. The second kappa shape index (κ2) is 13.9. The third-order valence-electron chi connectivity index (χ3n) is 5.86. The molecule has 1 heterocycles. The minimum atomic E-state index is -1.43. The molecule has 4 N–H and O–H groups in total. The summed E-state index contributed by atoms with van der Waals surface area (Å²) in [6.45, 7) is 0.906. The van der Waals surface area contributed by atoms with Gasteiger partial charge in [-0.25, -0.2) is 0 Å². The number of methoxy groups -OCH3 is 1. The fourth-order valence-corrected chi connectivity index (χ4v) is 3.56. The summed E-state index contributed by atoms with van der Waals surface area (Å²) in [4.78, 5) is 64.6. The van der Waals surface area contributed by atoms with E-state index >= 15 is 0 Å². The Morgan fingerprint density at radius 1 is 1.10 bits per heavy atom. The summed E-state index contributed by atoms with van der Waals surface area (Å²) >= 11 is 0. The van der Waals surface area contributed by atoms with E-state index in [-0.39, 0.29) is 24.7 Å². The molecule has 15 heteroatoms. The second-order valence-corrected chi connectivity index (χ2v) is 8.60. The summed E-state index contributed by atoms with van der Waals surface area (Å²) < 4.78 is 20.4. The van der Waals surface area contributed by atoms with Crippen LogP contribution in [-0.2, 0) is 35.2 Å². The van der Waals surface area contributed by atoms with Gasteiger partial charge in [-0.05, 0) is 36.2 Å². The molecule has 15 nitrogen and oxygen atoms in total. The number of imide groups is 1. The van der Waals surface area contributed by atoms with Crippen LogP contribution in [0.3, 0.4) is 0 Å². The maximum Gasteiger partial charge on any atom is 0.325 e. The number of nitrogens with one attached hydrogen (secondary N) is 2. The number of esters is 1. The molecule has 0 spiro atoms. The molecule has 40 heavy (non-hydrogen) atoms. The number of benzene rings is 2. The SMILES string of the molecule is COC(=O)[C@@H](N)C(NOC(=O)CCc1ccc2c(c1)OCO2)C(C)C(=O)NC(=O)COc1ccc([N+](=O)[O-])cc1. The molecule has 0 aromatic heterocycles. The number of nitrogens with zero attached hydrogens (tertiary/aromatic N) is 1. The molecule has 0 saturated carbocycles. The molecule has 2 aromatic rings. The quantitative estimate of drug-likeness (QED) is 0.174. The van der Waals surface area contributed by atoms with Gasteiger partial charge >= 0.3 is 11.9 Å². The van der Waals surface area contributed by atoms with Crippen molar-refractivity contribution in [2.75, 3.05) is 20.5 Å².